The van der Waals surface area contributed by atoms with E-state index in [9.17, 15) is 19.2 Å². The summed E-state index contributed by atoms with van der Waals surface area (Å²) in [6.45, 7) is 7.03. The SMILES string of the molecule is CCC(=O)C[C@@H](Cc1nc2ccc(C(C)C)cc2s1)C(=O)N[C@@H](Cc1ccccn1)C(=O)C[C@@H](CCCCN)C(=O)N[C@@H]1CCOc2ccccc21. The van der Waals surface area contributed by atoms with E-state index in [0.717, 1.165) is 33.0 Å². The molecule has 2 aromatic heterocycles. The van der Waals surface area contributed by atoms with Gasteiger partial charge in [-0.2, -0.15) is 0 Å². The number of benzene rings is 2. The van der Waals surface area contributed by atoms with Crippen LogP contribution in [0.25, 0.3) is 10.2 Å². The minimum atomic E-state index is -0.945. The molecule has 0 fully saturated rings. The van der Waals surface area contributed by atoms with Crippen molar-refractivity contribution in [3.63, 3.8) is 0 Å². The fourth-order valence-electron chi connectivity index (χ4n) is 6.61. The first-order valence-corrected chi connectivity index (χ1v) is 19.3. The van der Waals surface area contributed by atoms with Crippen LogP contribution in [0.2, 0.25) is 0 Å². The lowest BCUT2D eigenvalue weighted by Gasteiger charge is -2.29. The molecule has 0 saturated heterocycles. The van der Waals surface area contributed by atoms with E-state index in [4.69, 9.17) is 15.5 Å². The molecule has 5 rings (SSSR count). The van der Waals surface area contributed by atoms with Gasteiger partial charge < -0.3 is 21.1 Å². The van der Waals surface area contributed by atoms with Crippen LogP contribution in [0, 0.1) is 11.8 Å². The summed E-state index contributed by atoms with van der Waals surface area (Å²) in [5.41, 5.74) is 9.41. The molecule has 3 heterocycles. The Morgan fingerprint density at radius 3 is 2.52 bits per heavy atom. The Balaban J connectivity index is 1.36. The Morgan fingerprint density at radius 2 is 1.77 bits per heavy atom. The summed E-state index contributed by atoms with van der Waals surface area (Å²) in [5, 5.41) is 6.96. The number of carbonyl (C=O) groups excluding carboxylic acids is 4. The number of pyridine rings is 1. The fourth-order valence-corrected chi connectivity index (χ4v) is 7.71. The molecule has 11 heteroatoms. The topological polar surface area (TPSA) is 153 Å². The lowest BCUT2D eigenvalue weighted by atomic mass is 9.89. The zero-order valence-corrected chi connectivity index (χ0v) is 31.3. The summed E-state index contributed by atoms with van der Waals surface area (Å²) in [6.07, 6.45) is 4.87. The Bertz CT molecular complexity index is 1830. The van der Waals surface area contributed by atoms with Gasteiger partial charge in [0.05, 0.1) is 39.8 Å². The molecule has 4 aromatic rings. The minimum Gasteiger partial charge on any atom is -0.493 e. The second kappa shape index (κ2) is 18.8. The van der Waals surface area contributed by atoms with E-state index in [2.05, 4.69) is 41.6 Å². The summed E-state index contributed by atoms with van der Waals surface area (Å²) in [6, 6.07) is 18.1. The van der Waals surface area contributed by atoms with Crippen molar-refractivity contribution in [1.82, 2.24) is 20.6 Å². The Labute approximate surface area is 310 Å². The number of nitrogens with one attached hydrogen (secondary N) is 2. The van der Waals surface area contributed by atoms with Crippen LogP contribution in [0.4, 0.5) is 0 Å². The number of unbranched alkanes of at least 4 members (excludes halogenated alkanes) is 1. The molecule has 1 aliphatic rings. The van der Waals surface area contributed by atoms with E-state index in [1.54, 1.807) is 19.2 Å². The first-order chi connectivity index (χ1) is 25.1. The monoisotopic (exact) mass is 725 g/mol. The van der Waals surface area contributed by atoms with Gasteiger partial charge in [-0.1, -0.05) is 57.5 Å². The van der Waals surface area contributed by atoms with Gasteiger partial charge in [-0.15, -0.1) is 11.3 Å². The maximum absolute atomic E-state index is 14.2. The zero-order valence-electron chi connectivity index (χ0n) is 30.4. The zero-order chi connectivity index (χ0) is 37.0. The third kappa shape index (κ3) is 10.5. The van der Waals surface area contributed by atoms with Crippen LogP contribution in [0.5, 0.6) is 5.75 Å². The lowest BCUT2D eigenvalue weighted by molar-refractivity contribution is -0.134. The molecular weight excluding hydrogens is 675 g/mol. The van der Waals surface area contributed by atoms with Crippen molar-refractivity contribution in [2.24, 2.45) is 17.6 Å². The van der Waals surface area contributed by atoms with E-state index in [0.29, 0.717) is 50.4 Å². The first-order valence-electron chi connectivity index (χ1n) is 18.5. The standard InChI is InChI=1S/C41H51N5O5S/c1-4-31(47)21-29(24-39-44-34-16-15-27(26(2)3)23-38(34)52-39)41(50)46-35(25-30-12-8-10-19-43-30)36(48)22-28(11-7-9-18-42)40(49)45-33-17-20-51-37-14-6-5-13-32(33)37/h5-6,8,10,12-16,19,23,26,28-29,33,35H,4,7,9,11,17-18,20-22,24-25,42H2,1-3H3,(H,45,49)(H,46,50)/t28-,29+,33-,35+/m1/s1. The number of hydrogen-bond acceptors (Lipinski definition) is 9. The molecule has 276 valence electrons. The van der Waals surface area contributed by atoms with Crippen molar-refractivity contribution in [2.75, 3.05) is 13.2 Å². The molecular formula is C41H51N5O5S. The van der Waals surface area contributed by atoms with Gasteiger partial charge in [0, 0.05) is 61.9 Å². The largest absolute Gasteiger partial charge is 0.493 e. The van der Waals surface area contributed by atoms with Crippen molar-refractivity contribution in [3.8, 4) is 5.75 Å². The third-order valence-corrected chi connectivity index (χ3v) is 10.8. The number of fused-ring (bicyclic) bond motifs is 2. The molecule has 0 aliphatic carbocycles. The van der Waals surface area contributed by atoms with Crippen molar-refractivity contribution in [1.29, 1.82) is 0 Å². The summed E-state index contributed by atoms with van der Waals surface area (Å²) >= 11 is 1.53. The van der Waals surface area contributed by atoms with Crippen molar-refractivity contribution < 1.29 is 23.9 Å². The molecule has 0 radical (unpaired) electrons. The van der Waals surface area contributed by atoms with Gasteiger partial charge in [0.2, 0.25) is 11.8 Å². The Morgan fingerprint density at radius 1 is 0.962 bits per heavy atom. The van der Waals surface area contributed by atoms with Crippen LogP contribution >= 0.6 is 11.3 Å². The molecule has 0 spiro atoms. The smallest absolute Gasteiger partial charge is 0.224 e. The van der Waals surface area contributed by atoms with Crippen LogP contribution in [0.1, 0.15) is 99.5 Å². The predicted molar refractivity (Wildman–Crippen MR) is 204 cm³/mol. The molecule has 2 amide bonds. The van der Waals surface area contributed by atoms with Crippen LogP contribution < -0.4 is 21.1 Å². The molecule has 4 atom stereocenters. The maximum Gasteiger partial charge on any atom is 0.224 e. The van der Waals surface area contributed by atoms with Gasteiger partial charge in [0.1, 0.15) is 11.5 Å². The number of para-hydroxylation sites is 1. The molecule has 2 aromatic carbocycles. The molecule has 4 N–H and O–H groups in total. The number of Topliss-reactive ketones (excluding diaryl/α,β-unsaturated/α-hetero) is 2. The second-order valence-corrected chi connectivity index (χ2v) is 15.1. The maximum atomic E-state index is 14.2. The Hall–Kier alpha value is -4.48. The summed E-state index contributed by atoms with van der Waals surface area (Å²) in [7, 11) is 0. The molecule has 1 aliphatic heterocycles. The highest BCUT2D eigenvalue weighted by molar-refractivity contribution is 7.18. The number of rotatable bonds is 19. The van der Waals surface area contributed by atoms with Crippen LogP contribution in [0.15, 0.2) is 66.9 Å². The number of hydrogen-bond donors (Lipinski definition) is 3. The van der Waals surface area contributed by atoms with Gasteiger partial charge in [0.25, 0.3) is 0 Å². The summed E-state index contributed by atoms with van der Waals surface area (Å²) in [4.78, 5) is 64.2. The van der Waals surface area contributed by atoms with Gasteiger partial charge in [-0.3, -0.25) is 24.2 Å². The molecule has 0 bridgehead atoms. The summed E-state index contributed by atoms with van der Waals surface area (Å²) in [5.74, 6) is -1.12. The van der Waals surface area contributed by atoms with Crippen molar-refractivity contribution in [2.45, 2.75) is 96.6 Å². The number of ether oxygens (including phenoxy) is 1. The number of aromatic nitrogens is 2. The highest BCUT2D eigenvalue weighted by Crippen LogP contribution is 2.32. The number of amides is 2. The van der Waals surface area contributed by atoms with E-state index < -0.39 is 17.9 Å². The minimum absolute atomic E-state index is 0.0384. The van der Waals surface area contributed by atoms with Gasteiger partial charge in [-0.25, -0.2) is 4.98 Å². The van der Waals surface area contributed by atoms with E-state index >= 15 is 0 Å². The number of nitrogens with zero attached hydrogens (tertiary/aromatic N) is 2. The average Bonchev–Trinajstić information content (AvgIpc) is 3.56. The predicted octanol–water partition coefficient (Wildman–Crippen LogP) is 6.41. The highest BCUT2D eigenvalue weighted by Gasteiger charge is 2.33. The molecule has 10 nitrogen and oxygen atoms in total. The number of nitrogens with two attached hydrogens (primary N) is 1. The Kier molecular flexibility index (Phi) is 14.0. The first kappa shape index (κ1) is 38.7. The van der Waals surface area contributed by atoms with Crippen molar-refractivity contribution in [3.05, 3.63) is 88.7 Å². The van der Waals surface area contributed by atoms with Crippen LogP contribution in [0.3, 0.4) is 0 Å². The highest BCUT2D eigenvalue weighted by atomic mass is 32.1. The molecule has 0 unspecified atom stereocenters. The van der Waals surface area contributed by atoms with Crippen LogP contribution in [-0.2, 0) is 32.0 Å². The second-order valence-electron chi connectivity index (χ2n) is 14.0. The van der Waals surface area contributed by atoms with Crippen molar-refractivity contribution >= 4 is 44.9 Å². The number of carbonyl (C=O) groups is 4. The fraction of sp³-hybridized carbons (Fsp3) is 0.463. The number of ketones is 2. The van der Waals surface area contributed by atoms with E-state index in [-0.39, 0.29) is 55.1 Å². The van der Waals surface area contributed by atoms with E-state index in [1.165, 1.54) is 16.9 Å². The third-order valence-electron chi connectivity index (χ3n) is 9.73. The summed E-state index contributed by atoms with van der Waals surface area (Å²) < 4.78 is 6.83. The number of thiazole rings is 1. The van der Waals surface area contributed by atoms with Crippen LogP contribution in [-0.4, -0.2) is 52.5 Å². The molecule has 52 heavy (non-hydrogen) atoms. The lowest BCUT2D eigenvalue weighted by Crippen LogP contribution is -2.47. The van der Waals surface area contributed by atoms with Gasteiger partial charge in [-0.05, 0) is 61.2 Å². The van der Waals surface area contributed by atoms with Gasteiger partial charge >= 0.3 is 0 Å². The average molecular weight is 726 g/mol. The van der Waals surface area contributed by atoms with E-state index in [1.807, 2.05) is 42.5 Å². The van der Waals surface area contributed by atoms with Gasteiger partial charge in [0.15, 0.2) is 5.78 Å². The molecule has 0 saturated carbocycles. The normalized spacial score (nSPS) is 15.7. The quantitative estimate of drug-likeness (QED) is 0.0938.